The van der Waals surface area contributed by atoms with Crippen LogP contribution < -0.4 is 4.83 Å². The molecule has 2 N–H and O–H groups in total. The van der Waals surface area contributed by atoms with Crippen LogP contribution in [0.2, 0.25) is 0 Å². The van der Waals surface area contributed by atoms with Crippen molar-refractivity contribution in [1.29, 1.82) is 0 Å². The van der Waals surface area contributed by atoms with E-state index in [9.17, 15) is 8.42 Å². The molecule has 0 radical (unpaired) electrons. The molecule has 2 rings (SSSR count). The first-order valence-corrected chi connectivity index (χ1v) is 8.08. The van der Waals surface area contributed by atoms with E-state index in [0.29, 0.717) is 5.56 Å². The lowest BCUT2D eigenvalue weighted by Gasteiger charge is -2.26. The lowest BCUT2D eigenvalue weighted by molar-refractivity contribution is 0.200. The van der Waals surface area contributed by atoms with Crippen molar-refractivity contribution in [1.82, 2.24) is 9.84 Å². The highest BCUT2D eigenvalue weighted by Gasteiger charge is 2.21. The van der Waals surface area contributed by atoms with E-state index >= 15 is 0 Å². The maximum Gasteiger partial charge on any atom is 0.254 e. The van der Waals surface area contributed by atoms with E-state index in [2.05, 4.69) is 16.7 Å². The number of nitrogens with one attached hydrogen (secondary N) is 1. The SMILES string of the molecule is O=S(=O)(NN1CCCCC1)c1ccccc1C#CCO. The Kier molecular flexibility index (Phi) is 5.15. The van der Waals surface area contributed by atoms with E-state index in [1.165, 1.54) is 6.07 Å². The molecule has 0 amide bonds. The van der Waals surface area contributed by atoms with E-state index < -0.39 is 10.0 Å². The zero-order chi connectivity index (χ0) is 14.4. The molecule has 1 aliphatic rings. The third-order valence-electron chi connectivity index (χ3n) is 3.08. The number of sulfonamides is 1. The molecule has 0 aliphatic carbocycles. The van der Waals surface area contributed by atoms with E-state index in [0.717, 1.165) is 32.4 Å². The van der Waals surface area contributed by atoms with Crippen LogP contribution in [0.1, 0.15) is 24.8 Å². The number of aliphatic hydroxyl groups excluding tert-OH is 1. The van der Waals surface area contributed by atoms with Gasteiger partial charge in [0.15, 0.2) is 0 Å². The number of piperidine rings is 1. The molecule has 0 bridgehead atoms. The van der Waals surface area contributed by atoms with Crippen LogP contribution in [0.5, 0.6) is 0 Å². The molecule has 0 atom stereocenters. The monoisotopic (exact) mass is 294 g/mol. The van der Waals surface area contributed by atoms with Gasteiger partial charge in [0.25, 0.3) is 10.0 Å². The van der Waals surface area contributed by atoms with Crippen LogP contribution in [0.25, 0.3) is 0 Å². The fourth-order valence-electron chi connectivity index (χ4n) is 2.14. The van der Waals surface area contributed by atoms with E-state index in [1.54, 1.807) is 23.2 Å². The van der Waals surface area contributed by atoms with Crippen LogP contribution in [0.4, 0.5) is 0 Å². The van der Waals surface area contributed by atoms with Crippen LogP contribution in [0.3, 0.4) is 0 Å². The second-order valence-electron chi connectivity index (χ2n) is 4.60. The van der Waals surface area contributed by atoms with Crippen LogP contribution in [-0.2, 0) is 10.0 Å². The molecule has 0 spiro atoms. The van der Waals surface area contributed by atoms with Crippen molar-refractivity contribution in [3.8, 4) is 11.8 Å². The predicted molar refractivity (Wildman–Crippen MR) is 76.2 cm³/mol. The molecule has 0 aromatic heterocycles. The number of benzene rings is 1. The van der Waals surface area contributed by atoms with Crippen LogP contribution in [-0.4, -0.2) is 38.2 Å². The smallest absolute Gasteiger partial charge is 0.254 e. The summed E-state index contributed by atoms with van der Waals surface area (Å²) in [4.78, 5) is 2.75. The summed E-state index contributed by atoms with van der Waals surface area (Å²) in [6.45, 7) is 1.15. The Bertz CT molecular complexity index is 611. The summed E-state index contributed by atoms with van der Waals surface area (Å²) in [5, 5.41) is 10.5. The second-order valence-corrected chi connectivity index (χ2v) is 6.23. The molecule has 1 fully saturated rings. The number of hydrogen-bond donors (Lipinski definition) is 2. The van der Waals surface area contributed by atoms with Gasteiger partial charge in [0.2, 0.25) is 0 Å². The van der Waals surface area contributed by atoms with Crippen molar-refractivity contribution in [2.75, 3.05) is 19.7 Å². The summed E-state index contributed by atoms with van der Waals surface area (Å²) in [7, 11) is -3.63. The number of nitrogens with zero attached hydrogens (tertiary/aromatic N) is 1. The summed E-state index contributed by atoms with van der Waals surface area (Å²) in [6, 6.07) is 6.54. The fraction of sp³-hybridized carbons (Fsp3) is 0.429. The molecule has 1 aromatic rings. The van der Waals surface area contributed by atoms with E-state index in [4.69, 9.17) is 5.11 Å². The summed E-state index contributed by atoms with van der Waals surface area (Å²) in [5.74, 6) is 5.15. The van der Waals surface area contributed by atoms with Gasteiger partial charge in [0, 0.05) is 18.7 Å². The van der Waals surface area contributed by atoms with Crippen LogP contribution in [0, 0.1) is 11.8 Å². The third-order valence-corrected chi connectivity index (χ3v) is 4.52. The Hall–Kier alpha value is -1.39. The average Bonchev–Trinajstić information content (AvgIpc) is 2.46. The maximum absolute atomic E-state index is 12.4. The van der Waals surface area contributed by atoms with Crippen molar-refractivity contribution in [2.24, 2.45) is 0 Å². The summed E-state index contributed by atoms with van der Waals surface area (Å²) in [5.41, 5.74) is 0.394. The first kappa shape index (κ1) is 15.0. The highest BCUT2D eigenvalue weighted by atomic mass is 32.2. The molecule has 5 nitrogen and oxygen atoms in total. The normalized spacial score (nSPS) is 16.4. The van der Waals surface area contributed by atoms with Gasteiger partial charge in [-0.15, -0.1) is 4.83 Å². The zero-order valence-electron chi connectivity index (χ0n) is 11.2. The summed E-state index contributed by atoms with van der Waals surface area (Å²) < 4.78 is 24.8. The summed E-state index contributed by atoms with van der Waals surface area (Å²) >= 11 is 0. The van der Waals surface area contributed by atoms with Crippen molar-refractivity contribution in [2.45, 2.75) is 24.2 Å². The van der Waals surface area contributed by atoms with Gasteiger partial charge in [-0.25, -0.2) is 13.4 Å². The van der Waals surface area contributed by atoms with Crippen LogP contribution in [0.15, 0.2) is 29.2 Å². The number of aliphatic hydroxyl groups is 1. The number of hydrogen-bond acceptors (Lipinski definition) is 4. The van der Waals surface area contributed by atoms with Crippen molar-refractivity contribution < 1.29 is 13.5 Å². The van der Waals surface area contributed by atoms with Crippen LogP contribution >= 0.6 is 0 Å². The Morgan fingerprint density at radius 1 is 1.20 bits per heavy atom. The fourth-order valence-corrected chi connectivity index (χ4v) is 3.43. The Morgan fingerprint density at radius 3 is 2.60 bits per heavy atom. The van der Waals surface area contributed by atoms with Gasteiger partial charge in [-0.3, -0.25) is 0 Å². The molecule has 1 heterocycles. The number of hydrazine groups is 1. The molecule has 6 heteroatoms. The molecule has 108 valence electrons. The van der Waals surface area contributed by atoms with Gasteiger partial charge in [-0.05, 0) is 25.0 Å². The Morgan fingerprint density at radius 2 is 1.90 bits per heavy atom. The maximum atomic E-state index is 12.4. The molecule has 20 heavy (non-hydrogen) atoms. The van der Waals surface area contributed by atoms with Gasteiger partial charge in [0.05, 0.1) is 4.90 Å². The van der Waals surface area contributed by atoms with E-state index in [1.807, 2.05) is 0 Å². The average molecular weight is 294 g/mol. The lowest BCUT2D eigenvalue weighted by Crippen LogP contribution is -2.45. The largest absolute Gasteiger partial charge is 0.384 e. The van der Waals surface area contributed by atoms with Gasteiger partial charge in [0.1, 0.15) is 6.61 Å². The zero-order valence-corrected chi connectivity index (χ0v) is 12.0. The first-order chi connectivity index (χ1) is 9.63. The quantitative estimate of drug-likeness (QED) is 0.806. The second kappa shape index (κ2) is 6.86. The first-order valence-electron chi connectivity index (χ1n) is 6.59. The van der Waals surface area contributed by atoms with E-state index in [-0.39, 0.29) is 11.5 Å². The third kappa shape index (κ3) is 3.81. The molecular formula is C14H18N2O3S. The molecule has 0 unspecified atom stereocenters. The molecule has 1 saturated heterocycles. The minimum atomic E-state index is -3.63. The van der Waals surface area contributed by atoms with Gasteiger partial charge in [-0.1, -0.05) is 30.4 Å². The van der Waals surface area contributed by atoms with Gasteiger partial charge >= 0.3 is 0 Å². The summed E-state index contributed by atoms with van der Waals surface area (Å²) in [6.07, 6.45) is 3.12. The molecular weight excluding hydrogens is 276 g/mol. The van der Waals surface area contributed by atoms with Crippen molar-refractivity contribution >= 4 is 10.0 Å². The Labute approximate surface area is 119 Å². The minimum Gasteiger partial charge on any atom is -0.384 e. The Balaban J connectivity index is 2.24. The predicted octanol–water partition coefficient (Wildman–Crippen LogP) is 0.710. The molecule has 1 aromatic carbocycles. The molecule has 0 saturated carbocycles. The van der Waals surface area contributed by atoms with Gasteiger partial charge < -0.3 is 5.11 Å². The highest BCUT2D eigenvalue weighted by molar-refractivity contribution is 7.89. The standard InChI is InChI=1S/C14H18N2O3S/c17-12-6-8-13-7-2-3-9-14(13)20(18,19)15-16-10-4-1-5-11-16/h2-3,7,9,15,17H,1,4-5,10-12H2. The topological polar surface area (TPSA) is 69.6 Å². The lowest BCUT2D eigenvalue weighted by atomic mass is 10.2. The van der Waals surface area contributed by atoms with Crippen molar-refractivity contribution in [3.05, 3.63) is 29.8 Å². The minimum absolute atomic E-state index is 0.145. The number of rotatable bonds is 3. The highest BCUT2D eigenvalue weighted by Crippen LogP contribution is 2.16. The molecule has 1 aliphatic heterocycles. The van der Waals surface area contributed by atoms with Gasteiger partial charge in [-0.2, -0.15) is 0 Å². The van der Waals surface area contributed by atoms with Crippen molar-refractivity contribution in [3.63, 3.8) is 0 Å².